The number of fused-ring (bicyclic) bond motifs is 1. The molecule has 3 aromatic rings. The van der Waals surface area contributed by atoms with Crippen molar-refractivity contribution in [1.82, 2.24) is 12.9 Å². The van der Waals surface area contributed by atoms with E-state index in [4.69, 9.17) is 11.6 Å². The molecule has 0 bridgehead atoms. The summed E-state index contributed by atoms with van der Waals surface area (Å²) in [4.78, 5) is 3.81. The van der Waals surface area contributed by atoms with E-state index in [-0.39, 0.29) is 25.0 Å². The van der Waals surface area contributed by atoms with Crippen LogP contribution in [0.1, 0.15) is 0 Å². The van der Waals surface area contributed by atoms with Gasteiger partial charge in [-0.15, -0.1) is 0 Å². The Labute approximate surface area is 126 Å². The van der Waals surface area contributed by atoms with E-state index in [1.54, 1.807) is 18.2 Å². The van der Waals surface area contributed by atoms with Crippen LogP contribution in [-0.2, 0) is 10.0 Å². The van der Waals surface area contributed by atoms with E-state index in [0.717, 1.165) is 0 Å². The summed E-state index contributed by atoms with van der Waals surface area (Å²) in [7, 11) is -3.73. The molecule has 1 N–H and O–H groups in total. The molecule has 0 fully saturated rings. The van der Waals surface area contributed by atoms with E-state index in [0.29, 0.717) is 16.7 Å². The van der Waals surface area contributed by atoms with E-state index < -0.39 is 10.0 Å². The molecular weight excluding hydrogens is 367 g/mol. The normalized spacial score (nSPS) is 11.7. The van der Waals surface area contributed by atoms with Crippen LogP contribution in [0.2, 0.25) is 5.15 Å². The van der Waals surface area contributed by atoms with Crippen LogP contribution in [0.15, 0.2) is 41.4 Å². The predicted molar refractivity (Wildman–Crippen MR) is 76.5 cm³/mol. The summed E-state index contributed by atoms with van der Waals surface area (Å²) in [6.45, 7) is 0. The number of hydrogen-bond acceptors (Lipinski definition) is 5. The van der Waals surface area contributed by atoms with Crippen molar-refractivity contribution < 1.29 is 8.42 Å². The molecule has 6 nitrogen and oxygen atoms in total. The Balaban J connectivity index is 2.04. The Bertz CT molecular complexity index is 881. The molecule has 0 spiro atoms. The number of rotatable bonds is 3. The average Bonchev–Trinajstić information content (AvgIpc) is 2.88. The summed E-state index contributed by atoms with van der Waals surface area (Å²) in [5, 5.41) is 0.120. The zero-order valence-corrected chi connectivity index (χ0v) is 13.1. The van der Waals surface area contributed by atoms with Gasteiger partial charge in [0.2, 0.25) is 0 Å². The minimum atomic E-state index is -3.73. The monoisotopic (exact) mass is 374 g/mol. The van der Waals surface area contributed by atoms with Crippen LogP contribution in [0.3, 0.4) is 0 Å². The molecule has 0 atom stereocenters. The SMILES string of the molecule is O=S(=O)(Nc1cccc2n[se]nc12)c1ccnc(Cl)c1. The molecule has 0 saturated heterocycles. The fourth-order valence-electron chi connectivity index (χ4n) is 1.64. The van der Waals surface area contributed by atoms with Gasteiger partial charge < -0.3 is 0 Å². The third-order valence-electron chi connectivity index (χ3n) is 2.54. The molecule has 0 radical (unpaired) electrons. The van der Waals surface area contributed by atoms with E-state index >= 15 is 0 Å². The molecule has 0 unspecified atom stereocenters. The van der Waals surface area contributed by atoms with Crippen LogP contribution in [-0.4, -0.2) is 36.3 Å². The third kappa shape index (κ3) is 2.55. The van der Waals surface area contributed by atoms with E-state index in [1.807, 2.05) is 0 Å². The fourth-order valence-corrected chi connectivity index (χ4v) is 4.11. The molecule has 2 heterocycles. The maximum absolute atomic E-state index is 12.3. The van der Waals surface area contributed by atoms with Gasteiger partial charge in [0.25, 0.3) is 0 Å². The topological polar surface area (TPSA) is 84.8 Å². The van der Waals surface area contributed by atoms with Gasteiger partial charge in [-0.25, -0.2) is 0 Å². The predicted octanol–water partition coefficient (Wildman–Crippen LogP) is 1.54. The van der Waals surface area contributed by atoms with Crippen molar-refractivity contribution in [3.63, 3.8) is 0 Å². The van der Waals surface area contributed by atoms with Gasteiger partial charge in [-0.1, -0.05) is 0 Å². The molecule has 0 saturated carbocycles. The summed E-state index contributed by atoms with van der Waals surface area (Å²) in [5.41, 5.74) is 1.70. The second-order valence-electron chi connectivity index (χ2n) is 3.86. The summed E-state index contributed by atoms with van der Waals surface area (Å²) in [6.07, 6.45) is 1.34. The number of sulfonamides is 1. The van der Waals surface area contributed by atoms with Gasteiger partial charge in [0.05, 0.1) is 0 Å². The van der Waals surface area contributed by atoms with Crippen molar-refractivity contribution in [3.05, 3.63) is 41.7 Å². The minimum absolute atomic E-state index is 0.0514. The van der Waals surface area contributed by atoms with Crippen LogP contribution >= 0.6 is 11.6 Å². The van der Waals surface area contributed by atoms with Crippen LogP contribution in [0.25, 0.3) is 11.0 Å². The van der Waals surface area contributed by atoms with Crippen LogP contribution in [0.5, 0.6) is 0 Å². The molecule has 3 rings (SSSR count). The molecule has 0 aliphatic carbocycles. The molecule has 0 amide bonds. The number of benzene rings is 1. The number of aromatic nitrogens is 3. The second-order valence-corrected chi connectivity index (χ2v) is 7.04. The third-order valence-corrected chi connectivity index (χ3v) is 5.25. The van der Waals surface area contributed by atoms with E-state index in [9.17, 15) is 8.42 Å². The number of nitrogens with one attached hydrogen (secondary N) is 1. The Kier molecular flexibility index (Phi) is 3.47. The van der Waals surface area contributed by atoms with Gasteiger partial charge in [0.1, 0.15) is 0 Å². The number of hydrogen-bond donors (Lipinski definition) is 1. The van der Waals surface area contributed by atoms with Crippen LogP contribution in [0, 0.1) is 0 Å². The first-order valence-corrected chi connectivity index (χ1v) is 8.81. The van der Waals surface area contributed by atoms with Crippen molar-refractivity contribution in [2.24, 2.45) is 0 Å². The van der Waals surface area contributed by atoms with Gasteiger partial charge in [0.15, 0.2) is 0 Å². The zero-order chi connectivity index (χ0) is 14.2. The molecule has 9 heteroatoms. The average molecular weight is 374 g/mol. The molecule has 0 aliphatic rings. The Morgan fingerprint density at radius 3 is 2.85 bits per heavy atom. The molecule has 20 heavy (non-hydrogen) atoms. The molecule has 102 valence electrons. The van der Waals surface area contributed by atoms with Crippen molar-refractivity contribution in [2.75, 3.05) is 4.72 Å². The van der Waals surface area contributed by atoms with Crippen molar-refractivity contribution in [3.8, 4) is 0 Å². The maximum atomic E-state index is 12.3. The first kappa shape index (κ1) is 13.5. The van der Waals surface area contributed by atoms with Gasteiger partial charge in [-0.3, -0.25) is 0 Å². The molecule has 1 aromatic carbocycles. The number of halogens is 1. The second kappa shape index (κ2) is 5.14. The number of pyridine rings is 1. The summed E-state index contributed by atoms with van der Waals surface area (Å²) in [5.74, 6) is 0. The van der Waals surface area contributed by atoms with Gasteiger partial charge >= 0.3 is 126 Å². The molecular formula is C11H7ClN4O2SSe. The fraction of sp³-hybridized carbons (Fsp3) is 0. The summed E-state index contributed by atoms with van der Waals surface area (Å²) < 4.78 is 35.5. The summed E-state index contributed by atoms with van der Waals surface area (Å²) in [6, 6.07) is 7.85. The quantitative estimate of drug-likeness (QED) is 0.556. The van der Waals surface area contributed by atoms with Crippen LogP contribution < -0.4 is 4.72 Å². The van der Waals surface area contributed by atoms with Crippen molar-refractivity contribution >= 4 is 53.3 Å². The van der Waals surface area contributed by atoms with E-state index in [1.165, 1.54) is 18.3 Å². The van der Waals surface area contributed by atoms with Gasteiger partial charge in [-0.2, -0.15) is 0 Å². The van der Waals surface area contributed by atoms with Crippen molar-refractivity contribution in [1.29, 1.82) is 0 Å². The molecule has 2 aromatic heterocycles. The van der Waals surface area contributed by atoms with Gasteiger partial charge in [-0.05, 0) is 0 Å². The molecule has 0 aliphatic heterocycles. The number of anilines is 1. The Hall–Kier alpha value is -1.47. The van der Waals surface area contributed by atoms with Crippen LogP contribution in [0.4, 0.5) is 5.69 Å². The zero-order valence-electron chi connectivity index (χ0n) is 9.82. The Morgan fingerprint density at radius 2 is 2.05 bits per heavy atom. The standard InChI is InChI=1S/C11H7ClN4O2SSe/c12-10-6-7(4-5-13-10)19(17,18)14-8-2-1-3-9-11(8)16-20-15-9/h1-6,14H. The first-order valence-electron chi connectivity index (χ1n) is 5.42. The summed E-state index contributed by atoms with van der Waals surface area (Å²) >= 11 is 5.49. The van der Waals surface area contributed by atoms with E-state index in [2.05, 4.69) is 17.7 Å². The Morgan fingerprint density at radius 1 is 1.20 bits per heavy atom. The number of nitrogens with zero attached hydrogens (tertiary/aromatic N) is 3. The first-order chi connectivity index (χ1) is 9.56. The van der Waals surface area contributed by atoms with Crippen molar-refractivity contribution in [2.45, 2.75) is 4.90 Å². The van der Waals surface area contributed by atoms with Gasteiger partial charge in [0, 0.05) is 0 Å².